The highest BCUT2D eigenvalue weighted by atomic mass is 19.4. The molecule has 4 aromatic rings. The van der Waals surface area contributed by atoms with Crippen LogP contribution in [0.3, 0.4) is 0 Å². The highest BCUT2D eigenvalue weighted by Gasteiger charge is 2.29. The Morgan fingerprint density at radius 1 is 0.475 bits per heavy atom. The lowest BCUT2D eigenvalue weighted by Gasteiger charge is -2.29. The van der Waals surface area contributed by atoms with Crippen LogP contribution in [0.5, 0.6) is 11.5 Å². The minimum Gasteiger partial charge on any atom is -0.457 e. The summed E-state index contributed by atoms with van der Waals surface area (Å²) in [4.78, 5) is 0. The first-order chi connectivity index (χ1) is 29.3. The molecule has 0 spiro atoms. The molecule has 0 aliphatic heterocycles. The van der Waals surface area contributed by atoms with E-state index in [0.29, 0.717) is 47.3 Å². The van der Waals surface area contributed by atoms with Gasteiger partial charge in [0.2, 0.25) is 0 Å². The Balaban J connectivity index is 1.21. The number of ether oxygens (including phenoxy) is 3. The van der Waals surface area contributed by atoms with Crippen molar-refractivity contribution in [3.8, 4) is 11.5 Å². The smallest absolute Gasteiger partial charge is 0.411 e. The summed E-state index contributed by atoms with van der Waals surface area (Å²) >= 11 is 0. The van der Waals surface area contributed by atoms with E-state index in [-0.39, 0.29) is 13.2 Å². The summed E-state index contributed by atoms with van der Waals surface area (Å²) in [6, 6.07) is 28.0. The average Bonchev–Trinajstić information content (AvgIpc) is 3.24. The van der Waals surface area contributed by atoms with Gasteiger partial charge in [-0.05, 0) is 144 Å². The second-order valence-corrected chi connectivity index (χ2v) is 17.8. The van der Waals surface area contributed by atoms with Crippen molar-refractivity contribution >= 4 is 0 Å². The zero-order valence-electron chi connectivity index (χ0n) is 36.0. The van der Waals surface area contributed by atoms with Gasteiger partial charge in [-0.25, -0.2) is 0 Å². The Hall–Kier alpha value is -3.82. The van der Waals surface area contributed by atoms with Gasteiger partial charge in [0.25, 0.3) is 0 Å². The molecule has 61 heavy (non-hydrogen) atoms. The van der Waals surface area contributed by atoms with Crippen molar-refractivity contribution in [1.29, 1.82) is 0 Å². The molecule has 9 heteroatoms. The van der Waals surface area contributed by atoms with Gasteiger partial charge in [-0.1, -0.05) is 113 Å². The Labute approximate surface area is 359 Å². The number of hydrogen-bond acceptors (Lipinski definition) is 3. The molecule has 2 aliphatic carbocycles. The minimum atomic E-state index is -4.43. The van der Waals surface area contributed by atoms with Gasteiger partial charge in [-0.3, -0.25) is 0 Å². The van der Waals surface area contributed by atoms with Crippen molar-refractivity contribution in [3.05, 3.63) is 129 Å². The molecule has 0 saturated heterocycles. The standard InChI is InChI=1S/C52H64F6O3/c1-3-5-7-37-9-19-43(20-10-37)45-23-13-39(14-24-45)29-47-31-41(33-59-35-51(53,54)55)17-27-49(47)61-50-28-18-42(34-60-36-52(56,57)58)32-48(50)30-40-15-25-46(26-16-40)44-21-11-38(12-22-44)8-6-4-2/h13-18,23-28,31-32,37-38,43-44H,3-12,19-22,29-30,33-36H2,1-2H3. The summed E-state index contributed by atoms with van der Waals surface area (Å²) in [6.07, 6.45) is 9.68. The van der Waals surface area contributed by atoms with Crippen molar-refractivity contribution in [2.45, 2.75) is 154 Å². The number of benzene rings is 4. The van der Waals surface area contributed by atoms with Crippen LogP contribution in [0.4, 0.5) is 26.3 Å². The van der Waals surface area contributed by atoms with Crippen LogP contribution < -0.4 is 4.74 Å². The summed E-state index contributed by atoms with van der Waals surface area (Å²) < 4.78 is 94.5. The van der Waals surface area contributed by atoms with Crippen LogP contribution in [-0.4, -0.2) is 25.6 Å². The van der Waals surface area contributed by atoms with Gasteiger partial charge >= 0.3 is 12.4 Å². The molecule has 6 rings (SSSR count). The van der Waals surface area contributed by atoms with Crippen molar-refractivity contribution in [3.63, 3.8) is 0 Å². The lowest BCUT2D eigenvalue weighted by Crippen LogP contribution is -2.16. The summed E-state index contributed by atoms with van der Waals surface area (Å²) in [7, 11) is 0. The van der Waals surface area contributed by atoms with E-state index in [1.165, 1.54) is 101 Å². The van der Waals surface area contributed by atoms with Crippen molar-refractivity contribution in [2.24, 2.45) is 11.8 Å². The summed E-state index contributed by atoms with van der Waals surface area (Å²) in [5.74, 6) is 3.84. The van der Waals surface area contributed by atoms with E-state index in [2.05, 4.69) is 62.4 Å². The van der Waals surface area contributed by atoms with Crippen LogP contribution in [-0.2, 0) is 35.5 Å². The van der Waals surface area contributed by atoms with Crippen LogP contribution in [0.1, 0.15) is 160 Å². The Kier molecular flexibility index (Phi) is 17.2. The third-order valence-corrected chi connectivity index (χ3v) is 12.9. The van der Waals surface area contributed by atoms with E-state index in [0.717, 1.165) is 34.1 Å². The number of rotatable bonds is 20. The van der Waals surface area contributed by atoms with Gasteiger partial charge in [0.15, 0.2) is 0 Å². The van der Waals surface area contributed by atoms with Gasteiger partial charge in [-0.15, -0.1) is 0 Å². The molecule has 2 aliphatic rings. The molecule has 0 heterocycles. The van der Waals surface area contributed by atoms with E-state index < -0.39 is 25.6 Å². The first kappa shape index (κ1) is 46.7. The van der Waals surface area contributed by atoms with Gasteiger partial charge in [-0.2, -0.15) is 26.3 Å². The Morgan fingerprint density at radius 2 is 0.836 bits per heavy atom. The quantitative estimate of drug-likeness (QED) is 0.0829. The molecule has 0 radical (unpaired) electrons. The predicted octanol–water partition coefficient (Wildman–Crippen LogP) is 15.7. The second kappa shape index (κ2) is 22.5. The van der Waals surface area contributed by atoms with Crippen LogP contribution in [0, 0.1) is 11.8 Å². The van der Waals surface area contributed by atoms with Crippen molar-refractivity contribution in [1.82, 2.24) is 0 Å². The maximum atomic E-state index is 13.0. The first-order valence-corrected chi connectivity index (χ1v) is 22.7. The largest absolute Gasteiger partial charge is 0.457 e. The zero-order valence-corrected chi connectivity index (χ0v) is 36.0. The van der Waals surface area contributed by atoms with Crippen LogP contribution in [0.2, 0.25) is 0 Å². The SMILES string of the molecule is CCCCC1CCC(c2ccc(Cc3cc(COCC(F)(F)F)ccc3Oc3ccc(COCC(F)(F)F)cc3Cc3ccc(C4CCC(CCCC)CC4)cc3)cc2)CC1. The number of alkyl halides is 6. The normalized spacial score (nSPS) is 19.9. The second-order valence-electron chi connectivity index (χ2n) is 17.8. The lowest BCUT2D eigenvalue weighted by molar-refractivity contribution is -0.177. The van der Waals surface area contributed by atoms with Crippen molar-refractivity contribution in [2.75, 3.05) is 13.2 Å². The van der Waals surface area contributed by atoms with E-state index in [1.54, 1.807) is 24.3 Å². The number of halogens is 6. The molecule has 0 N–H and O–H groups in total. The molecule has 0 amide bonds. The first-order valence-electron chi connectivity index (χ1n) is 22.7. The monoisotopic (exact) mass is 850 g/mol. The highest BCUT2D eigenvalue weighted by Crippen LogP contribution is 2.40. The molecule has 332 valence electrons. The van der Waals surface area contributed by atoms with E-state index in [4.69, 9.17) is 14.2 Å². The predicted molar refractivity (Wildman–Crippen MR) is 231 cm³/mol. The fourth-order valence-corrected chi connectivity index (χ4v) is 9.42. The van der Waals surface area contributed by atoms with Gasteiger partial charge in [0, 0.05) is 12.8 Å². The van der Waals surface area contributed by atoms with Crippen LogP contribution in [0.15, 0.2) is 84.9 Å². The summed E-state index contributed by atoms with van der Waals surface area (Å²) in [6.45, 7) is 1.40. The van der Waals surface area contributed by atoms with E-state index in [9.17, 15) is 26.3 Å². The maximum absolute atomic E-state index is 13.0. The van der Waals surface area contributed by atoms with Gasteiger partial charge < -0.3 is 14.2 Å². The van der Waals surface area contributed by atoms with Crippen LogP contribution in [0.25, 0.3) is 0 Å². The average molecular weight is 851 g/mol. The number of unbranched alkanes of at least 4 members (excludes halogenated alkanes) is 2. The molecular formula is C52H64F6O3. The van der Waals surface area contributed by atoms with Crippen molar-refractivity contribution < 1.29 is 40.6 Å². The summed E-state index contributed by atoms with van der Waals surface area (Å²) in [5.41, 5.74) is 7.54. The molecule has 4 aromatic carbocycles. The summed E-state index contributed by atoms with van der Waals surface area (Å²) in [5, 5.41) is 0. The van der Waals surface area contributed by atoms with Gasteiger partial charge in [0.05, 0.1) is 13.2 Å². The molecule has 0 unspecified atom stereocenters. The van der Waals surface area contributed by atoms with Gasteiger partial charge in [0.1, 0.15) is 24.7 Å². The Bertz CT molecular complexity index is 1760. The molecular weight excluding hydrogens is 787 g/mol. The van der Waals surface area contributed by atoms with E-state index in [1.807, 2.05) is 12.1 Å². The molecule has 2 saturated carbocycles. The molecule has 0 atom stereocenters. The highest BCUT2D eigenvalue weighted by molar-refractivity contribution is 5.47. The third-order valence-electron chi connectivity index (χ3n) is 12.9. The lowest BCUT2D eigenvalue weighted by atomic mass is 9.77. The fraction of sp³-hybridized carbons (Fsp3) is 0.538. The number of hydrogen-bond donors (Lipinski definition) is 0. The molecule has 3 nitrogen and oxygen atoms in total. The third kappa shape index (κ3) is 15.2. The topological polar surface area (TPSA) is 27.7 Å². The fourth-order valence-electron chi connectivity index (χ4n) is 9.42. The maximum Gasteiger partial charge on any atom is 0.411 e. The zero-order chi connectivity index (χ0) is 43.2. The molecule has 0 bridgehead atoms. The molecule has 2 fully saturated rings. The Morgan fingerprint density at radius 3 is 1.18 bits per heavy atom. The van der Waals surface area contributed by atoms with Crippen LogP contribution >= 0.6 is 0 Å². The van der Waals surface area contributed by atoms with E-state index >= 15 is 0 Å². The minimum absolute atomic E-state index is 0.208. The molecule has 0 aromatic heterocycles.